The third-order valence-corrected chi connectivity index (χ3v) is 4.38. The maximum absolute atomic E-state index is 5.97. The Labute approximate surface area is 145 Å². The number of nitrogens with one attached hydrogen (secondary N) is 1. The van der Waals surface area contributed by atoms with Crippen LogP contribution in [-0.4, -0.2) is 34.3 Å². The smallest absolute Gasteiger partial charge is 0.229 e. The molecule has 25 heavy (non-hydrogen) atoms. The summed E-state index contributed by atoms with van der Waals surface area (Å²) in [5.41, 5.74) is 8.71. The van der Waals surface area contributed by atoms with Gasteiger partial charge in [0.15, 0.2) is 0 Å². The van der Waals surface area contributed by atoms with Crippen LogP contribution < -0.4 is 16.0 Å². The van der Waals surface area contributed by atoms with Gasteiger partial charge < -0.3 is 20.5 Å². The Kier molecular flexibility index (Phi) is 4.30. The van der Waals surface area contributed by atoms with E-state index in [0.717, 1.165) is 48.7 Å². The second-order valence-corrected chi connectivity index (χ2v) is 6.15. The van der Waals surface area contributed by atoms with E-state index >= 15 is 0 Å². The number of rotatable bonds is 4. The topological polar surface area (TPSA) is 93.1 Å². The van der Waals surface area contributed by atoms with Crippen molar-refractivity contribution in [1.82, 2.24) is 15.1 Å². The van der Waals surface area contributed by atoms with Gasteiger partial charge in [0, 0.05) is 42.6 Å². The summed E-state index contributed by atoms with van der Waals surface area (Å²) in [5, 5.41) is 7.18. The van der Waals surface area contributed by atoms with Gasteiger partial charge in [0.25, 0.3) is 0 Å². The maximum atomic E-state index is 5.97. The second kappa shape index (κ2) is 6.90. The van der Waals surface area contributed by atoms with Gasteiger partial charge in [-0.1, -0.05) is 17.3 Å². The molecule has 128 valence electrons. The summed E-state index contributed by atoms with van der Waals surface area (Å²) in [6, 6.07) is 12.0. The Morgan fingerprint density at radius 2 is 1.88 bits per heavy atom. The Bertz CT molecular complexity index is 810. The molecular weight excluding hydrogens is 316 g/mol. The summed E-state index contributed by atoms with van der Waals surface area (Å²) in [6.07, 6.45) is 5.34. The lowest BCUT2D eigenvalue weighted by Gasteiger charge is -2.31. The van der Waals surface area contributed by atoms with E-state index in [1.807, 2.05) is 36.4 Å². The van der Waals surface area contributed by atoms with Gasteiger partial charge in [-0.15, -0.1) is 0 Å². The summed E-state index contributed by atoms with van der Waals surface area (Å²) in [5.74, 6) is 1.52. The van der Waals surface area contributed by atoms with Gasteiger partial charge in [-0.3, -0.25) is 0 Å². The molecule has 7 heteroatoms. The van der Waals surface area contributed by atoms with Crippen molar-refractivity contribution in [2.75, 3.05) is 23.3 Å². The van der Waals surface area contributed by atoms with Crippen LogP contribution in [0.25, 0.3) is 11.3 Å². The van der Waals surface area contributed by atoms with Gasteiger partial charge in [-0.05, 0) is 31.0 Å². The third kappa shape index (κ3) is 3.61. The molecular formula is C18H20N6O. The van der Waals surface area contributed by atoms with Crippen LogP contribution in [0, 0.1) is 0 Å². The lowest BCUT2D eigenvalue weighted by atomic mass is 10.1. The highest BCUT2D eigenvalue weighted by Crippen LogP contribution is 2.22. The number of benzene rings is 1. The summed E-state index contributed by atoms with van der Waals surface area (Å²) in [6.45, 7) is 1.87. The Balaban J connectivity index is 1.46. The molecule has 0 amide bonds. The van der Waals surface area contributed by atoms with E-state index in [1.165, 1.54) is 0 Å². The Hall–Kier alpha value is -2.93. The van der Waals surface area contributed by atoms with Gasteiger partial charge >= 0.3 is 0 Å². The van der Waals surface area contributed by atoms with Crippen LogP contribution in [0.15, 0.2) is 53.4 Å². The van der Waals surface area contributed by atoms with Crippen LogP contribution in [0.2, 0.25) is 0 Å². The molecule has 0 aliphatic carbocycles. The van der Waals surface area contributed by atoms with E-state index in [4.69, 9.17) is 10.3 Å². The van der Waals surface area contributed by atoms with Gasteiger partial charge in [0.1, 0.15) is 17.8 Å². The predicted octanol–water partition coefficient (Wildman–Crippen LogP) is 2.80. The standard InChI is InChI=1S/C18H20N6O/c19-14-6-10-24(11-7-14)17-5-9-20-18(22-17)21-15-3-1-13(2-4-15)16-8-12-25-23-16/h1-5,8-9,12,14H,6-7,10-11,19H2,(H,20,21,22). The molecule has 4 rings (SSSR count). The van der Waals surface area contributed by atoms with Crippen LogP contribution in [0.5, 0.6) is 0 Å². The van der Waals surface area contributed by atoms with Crippen molar-refractivity contribution >= 4 is 17.5 Å². The van der Waals surface area contributed by atoms with Crippen LogP contribution in [0.1, 0.15) is 12.8 Å². The van der Waals surface area contributed by atoms with Crippen LogP contribution in [0.3, 0.4) is 0 Å². The SMILES string of the molecule is NC1CCN(c2ccnc(Nc3ccc(-c4ccon4)cc3)n2)CC1. The first-order valence-electron chi connectivity index (χ1n) is 8.39. The summed E-state index contributed by atoms with van der Waals surface area (Å²) >= 11 is 0. The van der Waals surface area contributed by atoms with Crippen molar-refractivity contribution in [3.05, 3.63) is 48.9 Å². The molecule has 1 aliphatic heterocycles. The van der Waals surface area contributed by atoms with Gasteiger partial charge in [0.2, 0.25) is 5.95 Å². The largest absolute Gasteiger partial charge is 0.364 e. The minimum absolute atomic E-state index is 0.305. The van der Waals surface area contributed by atoms with Crippen molar-refractivity contribution in [3.63, 3.8) is 0 Å². The second-order valence-electron chi connectivity index (χ2n) is 6.15. The van der Waals surface area contributed by atoms with Crippen molar-refractivity contribution in [3.8, 4) is 11.3 Å². The zero-order valence-corrected chi connectivity index (χ0v) is 13.8. The summed E-state index contributed by atoms with van der Waals surface area (Å²) < 4.78 is 4.87. The van der Waals surface area contributed by atoms with Crippen LogP contribution in [0.4, 0.5) is 17.5 Å². The molecule has 0 unspecified atom stereocenters. The van der Waals surface area contributed by atoms with Crippen molar-refractivity contribution in [2.24, 2.45) is 5.73 Å². The first-order chi connectivity index (χ1) is 12.3. The van der Waals surface area contributed by atoms with E-state index in [1.54, 1.807) is 12.5 Å². The molecule has 3 heterocycles. The quantitative estimate of drug-likeness (QED) is 0.756. The van der Waals surface area contributed by atoms with Crippen molar-refractivity contribution in [2.45, 2.75) is 18.9 Å². The maximum Gasteiger partial charge on any atom is 0.229 e. The molecule has 7 nitrogen and oxygen atoms in total. The molecule has 0 radical (unpaired) electrons. The number of hydrogen-bond acceptors (Lipinski definition) is 7. The average Bonchev–Trinajstić information content (AvgIpc) is 3.18. The first-order valence-corrected chi connectivity index (χ1v) is 8.39. The molecule has 3 N–H and O–H groups in total. The molecule has 1 aromatic carbocycles. The zero-order chi connectivity index (χ0) is 17.1. The predicted molar refractivity (Wildman–Crippen MR) is 96.7 cm³/mol. The number of anilines is 3. The van der Waals surface area contributed by atoms with Crippen LogP contribution >= 0.6 is 0 Å². The molecule has 0 atom stereocenters. The van der Waals surface area contributed by atoms with E-state index in [0.29, 0.717) is 12.0 Å². The Morgan fingerprint density at radius 1 is 1.08 bits per heavy atom. The number of aromatic nitrogens is 3. The number of nitrogens with zero attached hydrogens (tertiary/aromatic N) is 4. The lowest BCUT2D eigenvalue weighted by Crippen LogP contribution is -2.40. The molecule has 0 spiro atoms. The monoisotopic (exact) mass is 336 g/mol. The number of hydrogen-bond donors (Lipinski definition) is 2. The van der Waals surface area contributed by atoms with E-state index in [9.17, 15) is 0 Å². The summed E-state index contributed by atoms with van der Waals surface area (Å²) in [7, 11) is 0. The molecule has 1 aliphatic rings. The fraction of sp³-hybridized carbons (Fsp3) is 0.278. The van der Waals surface area contributed by atoms with Gasteiger partial charge in [-0.25, -0.2) is 4.98 Å². The average molecular weight is 336 g/mol. The van der Waals surface area contributed by atoms with E-state index in [-0.39, 0.29) is 0 Å². The molecule has 0 bridgehead atoms. The fourth-order valence-electron chi connectivity index (χ4n) is 2.93. The minimum atomic E-state index is 0.305. The molecule has 0 saturated carbocycles. The van der Waals surface area contributed by atoms with Gasteiger partial charge in [0.05, 0.1) is 0 Å². The highest BCUT2D eigenvalue weighted by Gasteiger charge is 2.17. The highest BCUT2D eigenvalue weighted by molar-refractivity contribution is 5.64. The third-order valence-electron chi connectivity index (χ3n) is 4.38. The van der Waals surface area contributed by atoms with Crippen molar-refractivity contribution < 1.29 is 4.52 Å². The van der Waals surface area contributed by atoms with E-state index < -0.39 is 0 Å². The van der Waals surface area contributed by atoms with Gasteiger partial charge in [-0.2, -0.15) is 4.98 Å². The molecule has 2 aromatic heterocycles. The molecule has 1 fully saturated rings. The lowest BCUT2D eigenvalue weighted by molar-refractivity contribution is 0.422. The normalized spacial score (nSPS) is 15.3. The summed E-state index contributed by atoms with van der Waals surface area (Å²) in [4.78, 5) is 11.2. The number of nitrogens with two attached hydrogens (primary N) is 1. The highest BCUT2D eigenvalue weighted by atomic mass is 16.5. The molecule has 3 aromatic rings. The number of piperidine rings is 1. The van der Waals surface area contributed by atoms with Crippen LogP contribution in [-0.2, 0) is 0 Å². The zero-order valence-electron chi connectivity index (χ0n) is 13.8. The van der Waals surface area contributed by atoms with Crippen molar-refractivity contribution in [1.29, 1.82) is 0 Å². The van der Waals surface area contributed by atoms with E-state index in [2.05, 4.69) is 25.3 Å². The fourth-order valence-corrected chi connectivity index (χ4v) is 2.93. The Morgan fingerprint density at radius 3 is 2.60 bits per heavy atom. The molecule has 1 saturated heterocycles. The first kappa shape index (κ1) is 15.6. The minimum Gasteiger partial charge on any atom is -0.364 e.